The average molecular weight is 142 g/mol. The van der Waals surface area contributed by atoms with E-state index in [-0.39, 0.29) is 17.1 Å². The van der Waals surface area contributed by atoms with Crippen LogP contribution in [0.25, 0.3) is 0 Å². The maximum absolute atomic E-state index is 8.41. The third kappa shape index (κ3) is 17.4. The van der Waals surface area contributed by atoms with Crippen molar-refractivity contribution in [2.24, 2.45) is 0 Å². The van der Waals surface area contributed by atoms with Crippen LogP contribution in [0.2, 0.25) is 0 Å². The first-order valence-electron chi connectivity index (χ1n) is 0.309. The first kappa shape index (κ1) is 8.82. The third-order valence-electron chi connectivity index (χ3n) is 0. The van der Waals surface area contributed by atoms with E-state index in [0.717, 1.165) is 0 Å². The fraction of sp³-hybridized carbons (Fsp3) is 0. The molecule has 0 saturated heterocycles. The number of hydrogen-bond donors (Lipinski definition) is 0. The first-order chi connectivity index (χ1) is 1.41. The Kier molecular flexibility index (Phi) is 20.8. The van der Waals surface area contributed by atoms with Gasteiger partial charge >= 0.3 is 22.5 Å². The second kappa shape index (κ2) is 9.43. The molecule has 0 aromatic rings. The standard InChI is InChI=1S/2Mn.2O. The zero-order valence-electron chi connectivity index (χ0n) is 1.57. The average Bonchev–Trinajstić information content (AvgIpc) is 0.918. The molecule has 4 heteroatoms. The van der Waals surface area contributed by atoms with Crippen LogP contribution < -0.4 is 0 Å². The summed E-state index contributed by atoms with van der Waals surface area (Å²) < 4.78 is 16.8. The van der Waals surface area contributed by atoms with Crippen molar-refractivity contribution in [3.63, 3.8) is 0 Å². The molecule has 0 aliphatic rings. The predicted molar refractivity (Wildman–Crippen MR) is 1.37 cm³/mol. The molecule has 0 spiro atoms. The molecule has 1 radical (unpaired) electrons. The monoisotopic (exact) mass is 142 g/mol. The molecule has 0 aliphatic heterocycles. The molecule has 2 nitrogen and oxygen atoms in total. The van der Waals surface area contributed by atoms with Gasteiger partial charge in [-0.05, 0) is 0 Å². The fourth-order valence-electron chi connectivity index (χ4n) is 0. The van der Waals surface area contributed by atoms with Gasteiger partial charge in [0.25, 0.3) is 0 Å². The van der Waals surface area contributed by atoms with Crippen molar-refractivity contribution >= 4 is 0 Å². The molecular formula is Mn2O2. The first-order valence-corrected chi connectivity index (χ1v) is 1.27. The zero-order chi connectivity index (χ0) is 2.71. The minimum atomic E-state index is -1.44. The summed E-state index contributed by atoms with van der Waals surface area (Å²) in [7, 11) is 0. The van der Waals surface area contributed by atoms with E-state index >= 15 is 0 Å². The summed E-state index contributed by atoms with van der Waals surface area (Å²) in [4.78, 5) is 0. The van der Waals surface area contributed by atoms with E-state index in [0.29, 0.717) is 0 Å². The van der Waals surface area contributed by atoms with Gasteiger partial charge in [-0.1, -0.05) is 0 Å². The minimum absolute atomic E-state index is 0. The van der Waals surface area contributed by atoms with Gasteiger partial charge < -0.3 is 0 Å². The summed E-state index contributed by atoms with van der Waals surface area (Å²) in [5.41, 5.74) is 0. The third-order valence-corrected chi connectivity index (χ3v) is 0. The van der Waals surface area contributed by atoms with E-state index in [4.69, 9.17) is 7.67 Å². The van der Waals surface area contributed by atoms with Gasteiger partial charge in [-0.25, -0.2) is 0 Å². The van der Waals surface area contributed by atoms with E-state index < -0.39 is 14.8 Å². The van der Waals surface area contributed by atoms with Crippen LogP contribution in [0.1, 0.15) is 0 Å². The van der Waals surface area contributed by atoms with Crippen molar-refractivity contribution in [1.29, 1.82) is 0 Å². The summed E-state index contributed by atoms with van der Waals surface area (Å²) >= 11 is -1.44. The summed E-state index contributed by atoms with van der Waals surface area (Å²) in [6.45, 7) is 0. The van der Waals surface area contributed by atoms with Crippen LogP contribution >= 0.6 is 0 Å². The zero-order valence-corrected chi connectivity index (χ0v) is 3.93. The van der Waals surface area contributed by atoms with Crippen molar-refractivity contribution in [3.8, 4) is 0 Å². The molecule has 26 valence electrons. The van der Waals surface area contributed by atoms with Gasteiger partial charge in [-0.15, -0.1) is 0 Å². The van der Waals surface area contributed by atoms with Gasteiger partial charge in [0.05, 0.1) is 0 Å². The van der Waals surface area contributed by atoms with Crippen LogP contribution in [-0.4, -0.2) is 0 Å². The summed E-state index contributed by atoms with van der Waals surface area (Å²) in [6.07, 6.45) is 0. The molecule has 0 aliphatic carbocycles. The molecule has 0 saturated carbocycles. The van der Waals surface area contributed by atoms with Gasteiger partial charge in [-0.2, -0.15) is 0 Å². The summed E-state index contributed by atoms with van der Waals surface area (Å²) in [5.74, 6) is 0. The molecule has 4 heavy (non-hydrogen) atoms. The van der Waals surface area contributed by atoms with Crippen LogP contribution in [0.4, 0.5) is 0 Å². The Morgan fingerprint density at radius 3 is 1.25 bits per heavy atom. The molecule has 0 heterocycles. The molecular weight excluding hydrogens is 142 g/mol. The van der Waals surface area contributed by atoms with Crippen LogP contribution in [0.5, 0.6) is 0 Å². The molecule has 0 bridgehead atoms. The van der Waals surface area contributed by atoms with Gasteiger partial charge in [0, 0.05) is 17.1 Å². The van der Waals surface area contributed by atoms with E-state index in [9.17, 15) is 0 Å². The second-order valence-electron chi connectivity index (χ2n) is 0.0630. The molecule has 0 atom stereocenters. The van der Waals surface area contributed by atoms with E-state index in [1.165, 1.54) is 0 Å². The molecule has 0 amide bonds. The second-order valence-corrected chi connectivity index (χ2v) is 0.260. The number of hydrogen-bond acceptors (Lipinski definition) is 2. The van der Waals surface area contributed by atoms with Gasteiger partial charge in [0.15, 0.2) is 0 Å². The quantitative estimate of drug-likeness (QED) is 0.437. The Morgan fingerprint density at radius 1 is 1.25 bits per heavy atom. The topological polar surface area (TPSA) is 34.1 Å². The van der Waals surface area contributed by atoms with Crippen molar-refractivity contribution in [1.82, 2.24) is 0 Å². The van der Waals surface area contributed by atoms with Crippen molar-refractivity contribution < 1.29 is 39.6 Å². The van der Waals surface area contributed by atoms with Gasteiger partial charge in [0.1, 0.15) is 0 Å². The van der Waals surface area contributed by atoms with Crippen LogP contribution in [0.3, 0.4) is 0 Å². The van der Waals surface area contributed by atoms with Crippen LogP contribution in [0, 0.1) is 0 Å². The number of rotatable bonds is 0. The van der Waals surface area contributed by atoms with E-state index in [2.05, 4.69) is 0 Å². The molecule has 0 N–H and O–H groups in total. The Balaban J connectivity index is 0. The van der Waals surface area contributed by atoms with Crippen molar-refractivity contribution in [2.75, 3.05) is 0 Å². The summed E-state index contributed by atoms with van der Waals surface area (Å²) in [5, 5.41) is 0. The van der Waals surface area contributed by atoms with Crippen LogP contribution in [-0.2, 0) is 39.6 Å². The van der Waals surface area contributed by atoms with Crippen molar-refractivity contribution in [3.05, 3.63) is 0 Å². The molecule has 0 aromatic carbocycles. The van der Waals surface area contributed by atoms with E-state index in [1.54, 1.807) is 0 Å². The Bertz CT molecular complexity index is 25.0. The summed E-state index contributed by atoms with van der Waals surface area (Å²) in [6, 6.07) is 0. The van der Waals surface area contributed by atoms with E-state index in [1.807, 2.05) is 0 Å². The molecule has 0 aromatic heterocycles. The fourth-order valence-corrected chi connectivity index (χ4v) is 0. The Labute approximate surface area is 40.0 Å². The molecule has 0 fully saturated rings. The normalized spacial score (nSPS) is 3.00. The Morgan fingerprint density at radius 2 is 1.25 bits per heavy atom. The van der Waals surface area contributed by atoms with Crippen molar-refractivity contribution in [2.45, 2.75) is 0 Å². The maximum atomic E-state index is 8.41. The SMILES string of the molecule is [Mn].[O]=[Mn]=[O]. The molecule has 0 rings (SSSR count). The molecule has 0 unspecified atom stereocenters. The van der Waals surface area contributed by atoms with Gasteiger partial charge in [-0.3, -0.25) is 0 Å². The van der Waals surface area contributed by atoms with Gasteiger partial charge in [0.2, 0.25) is 0 Å². The predicted octanol–water partition coefficient (Wildman–Crippen LogP) is -0.243. The van der Waals surface area contributed by atoms with Crippen LogP contribution in [0.15, 0.2) is 0 Å². The Hall–Kier alpha value is 0.639.